The van der Waals surface area contributed by atoms with Crippen molar-refractivity contribution in [3.63, 3.8) is 0 Å². The Bertz CT molecular complexity index is 781. The van der Waals surface area contributed by atoms with Crippen LogP contribution in [0.25, 0.3) is 0 Å². The van der Waals surface area contributed by atoms with Crippen molar-refractivity contribution in [1.82, 2.24) is 15.2 Å². The number of para-hydroxylation sites is 1. The summed E-state index contributed by atoms with van der Waals surface area (Å²) in [6.45, 7) is 4.15. The standard InChI is InChI=1S/C18H19N5/c1-13-9-14(2)11-15(10-13)20-17-12-19-22-18(21-17)23(3)16-7-5-4-6-8-16/h4-12H,1-3H3,(H,20,21,22). The fraction of sp³-hybridized carbons (Fsp3) is 0.167. The number of hydrogen-bond donors (Lipinski definition) is 1. The molecular weight excluding hydrogens is 286 g/mol. The summed E-state index contributed by atoms with van der Waals surface area (Å²) in [4.78, 5) is 6.45. The zero-order valence-corrected chi connectivity index (χ0v) is 13.5. The third-order valence-electron chi connectivity index (χ3n) is 3.49. The minimum atomic E-state index is 0.547. The van der Waals surface area contributed by atoms with Crippen LogP contribution in [-0.2, 0) is 0 Å². The SMILES string of the molecule is Cc1cc(C)cc(Nc2cnnc(N(C)c3ccccc3)n2)c1. The van der Waals surface area contributed by atoms with Gasteiger partial charge in [-0.25, -0.2) is 0 Å². The number of nitrogens with one attached hydrogen (secondary N) is 1. The Hall–Kier alpha value is -2.95. The first-order chi connectivity index (χ1) is 11.1. The van der Waals surface area contributed by atoms with Crippen molar-refractivity contribution in [3.05, 3.63) is 65.9 Å². The number of benzene rings is 2. The maximum Gasteiger partial charge on any atom is 0.251 e. The molecule has 0 fully saturated rings. The van der Waals surface area contributed by atoms with Crippen LogP contribution in [0.2, 0.25) is 0 Å². The van der Waals surface area contributed by atoms with E-state index < -0.39 is 0 Å². The average Bonchev–Trinajstić information content (AvgIpc) is 2.54. The molecule has 3 rings (SSSR count). The van der Waals surface area contributed by atoms with Gasteiger partial charge >= 0.3 is 0 Å². The molecule has 0 saturated carbocycles. The van der Waals surface area contributed by atoms with Crippen molar-refractivity contribution in [2.24, 2.45) is 0 Å². The first-order valence-corrected chi connectivity index (χ1v) is 7.45. The van der Waals surface area contributed by atoms with Crippen LogP contribution in [0.15, 0.2) is 54.7 Å². The van der Waals surface area contributed by atoms with Gasteiger partial charge in [-0.05, 0) is 49.2 Å². The van der Waals surface area contributed by atoms with Crippen molar-refractivity contribution >= 4 is 23.1 Å². The van der Waals surface area contributed by atoms with E-state index in [1.54, 1.807) is 6.20 Å². The third kappa shape index (κ3) is 3.63. The molecule has 2 aromatic carbocycles. The molecule has 0 radical (unpaired) electrons. The van der Waals surface area contributed by atoms with Crippen LogP contribution in [0.4, 0.5) is 23.1 Å². The van der Waals surface area contributed by atoms with Gasteiger partial charge in [-0.3, -0.25) is 0 Å². The van der Waals surface area contributed by atoms with Crippen LogP contribution >= 0.6 is 0 Å². The Kier molecular flexibility index (Phi) is 4.19. The summed E-state index contributed by atoms with van der Waals surface area (Å²) in [5.41, 5.74) is 4.42. The minimum Gasteiger partial charge on any atom is -0.339 e. The molecule has 5 nitrogen and oxygen atoms in total. The van der Waals surface area contributed by atoms with E-state index in [0.29, 0.717) is 11.8 Å². The van der Waals surface area contributed by atoms with Gasteiger partial charge in [0.05, 0.1) is 6.20 Å². The zero-order chi connectivity index (χ0) is 16.2. The van der Waals surface area contributed by atoms with Gasteiger partial charge in [0.1, 0.15) is 0 Å². The van der Waals surface area contributed by atoms with E-state index in [0.717, 1.165) is 11.4 Å². The van der Waals surface area contributed by atoms with E-state index in [-0.39, 0.29) is 0 Å². The van der Waals surface area contributed by atoms with Crippen LogP contribution < -0.4 is 10.2 Å². The number of nitrogens with zero attached hydrogens (tertiary/aromatic N) is 4. The van der Waals surface area contributed by atoms with Gasteiger partial charge in [-0.15, -0.1) is 5.10 Å². The average molecular weight is 305 g/mol. The fourth-order valence-corrected chi connectivity index (χ4v) is 2.46. The molecule has 5 heteroatoms. The lowest BCUT2D eigenvalue weighted by molar-refractivity contribution is 0.932. The molecule has 23 heavy (non-hydrogen) atoms. The highest BCUT2D eigenvalue weighted by atomic mass is 15.3. The Balaban J connectivity index is 1.85. The Morgan fingerprint density at radius 1 is 0.957 bits per heavy atom. The zero-order valence-electron chi connectivity index (χ0n) is 13.5. The first-order valence-electron chi connectivity index (χ1n) is 7.45. The number of aromatic nitrogens is 3. The Morgan fingerprint density at radius 3 is 2.35 bits per heavy atom. The normalized spacial score (nSPS) is 10.4. The second kappa shape index (κ2) is 6.44. The second-order valence-electron chi connectivity index (χ2n) is 5.54. The van der Waals surface area contributed by atoms with E-state index >= 15 is 0 Å². The molecule has 0 bridgehead atoms. The molecule has 3 aromatic rings. The lowest BCUT2D eigenvalue weighted by atomic mass is 10.1. The molecule has 0 spiro atoms. The molecule has 0 amide bonds. The summed E-state index contributed by atoms with van der Waals surface area (Å²) in [7, 11) is 1.92. The summed E-state index contributed by atoms with van der Waals surface area (Å²) in [5, 5.41) is 11.5. The van der Waals surface area contributed by atoms with Crippen molar-refractivity contribution in [2.75, 3.05) is 17.3 Å². The second-order valence-corrected chi connectivity index (χ2v) is 5.54. The number of aryl methyl sites for hydroxylation is 2. The minimum absolute atomic E-state index is 0.547. The smallest absolute Gasteiger partial charge is 0.251 e. The maximum absolute atomic E-state index is 4.54. The highest BCUT2D eigenvalue weighted by Crippen LogP contribution is 2.22. The van der Waals surface area contributed by atoms with Crippen LogP contribution in [0.3, 0.4) is 0 Å². The van der Waals surface area contributed by atoms with Gasteiger partial charge in [-0.1, -0.05) is 24.3 Å². The third-order valence-corrected chi connectivity index (χ3v) is 3.49. The van der Waals surface area contributed by atoms with Gasteiger partial charge in [0.15, 0.2) is 5.82 Å². The lowest BCUT2D eigenvalue weighted by Crippen LogP contribution is -2.14. The molecule has 1 heterocycles. The topological polar surface area (TPSA) is 53.9 Å². The summed E-state index contributed by atoms with van der Waals surface area (Å²) in [5.74, 6) is 1.22. The van der Waals surface area contributed by atoms with E-state index in [4.69, 9.17) is 0 Å². The molecule has 0 atom stereocenters. The molecule has 1 aromatic heterocycles. The number of anilines is 4. The van der Waals surface area contributed by atoms with Gasteiger partial charge in [0.25, 0.3) is 5.95 Å². The molecule has 0 unspecified atom stereocenters. The van der Waals surface area contributed by atoms with Crippen LogP contribution in [0, 0.1) is 13.8 Å². The van der Waals surface area contributed by atoms with Crippen LogP contribution in [0.1, 0.15) is 11.1 Å². The summed E-state index contributed by atoms with van der Waals surface area (Å²) in [6, 6.07) is 16.3. The van der Waals surface area contributed by atoms with Crippen molar-refractivity contribution in [1.29, 1.82) is 0 Å². The van der Waals surface area contributed by atoms with Gasteiger partial charge in [0, 0.05) is 18.4 Å². The Labute approximate surface area is 136 Å². The summed E-state index contributed by atoms with van der Waals surface area (Å²) in [6.07, 6.45) is 1.62. The van der Waals surface area contributed by atoms with Gasteiger partial charge < -0.3 is 10.2 Å². The molecule has 0 aliphatic carbocycles. The predicted octanol–water partition coefficient (Wildman–Crippen LogP) is 4.00. The molecule has 0 aliphatic rings. The number of rotatable bonds is 4. The largest absolute Gasteiger partial charge is 0.339 e. The summed E-state index contributed by atoms with van der Waals surface area (Å²) >= 11 is 0. The summed E-state index contributed by atoms with van der Waals surface area (Å²) < 4.78 is 0. The monoisotopic (exact) mass is 305 g/mol. The fourth-order valence-electron chi connectivity index (χ4n) is 2.46. The van der Waals surface area contributed by atoms with Crippen molar-refractivity contribution < 1.29 is 0 Å². The van der Waals surface area contributed by atoms with Gasteiger partial charge in [-0.2, -0.15) is 10.1 Å². The van der Waals surface area contributed by atoms with E-state index in [1.807, 2.05) is 42.3 Å². The molecule has 1 N–H and O–H groups in total. The highest BCUT2D eigenvalue weighted by molar-refractivity contribution is 5.61. The van der Waals surface area contributed by atoms with Crippen molar-refractivity contribution in [2.45, 2.75) is 13.8 Å². The number of hydrogen-bond acceptors (Lipinski definition) is 5. The van der Waals surface area contributed by atoms with Crippen LogP contribution in [-0.4, -0.2) is 22.2 Å². The van der Waals surface area contributed by atoms with Crippen molar-refractivity contribution in [3.8, 4) is 0 Å². The van der Waals surface area contributed by atoms with E-state index in [1.165, 1.54) is 11.1 Å². The van der Waals surface area contributed by atoms with E-state index in [2.05, 4.69) is 52.5 Å². The molecule has 116 valence electrons. The maximum atomic E-state index is 4.54. The van der Waals surface area contributed by atoms with Gasteiger partial charge in [0.2, 0.25) is 0 Å². The molecule has 0 saturated heterocycles. The van der Waals surface area contributed by atoms with E-state index in [9.17, 15) is 0 Å². The lowest BCUT2D eigenvalue weighted by Gasteiger charge is -2.17. The predicted molar refractivity (Wildman–Crippen MR) is 93.5 cm³/mol. The molecular formula is C18H19N5. The molecule has 0 aliphatic heterocycles. The highest BCUT2D eigenvalue weighted by Gasteiger charge is 2.08. The quantitative estimate of drug-likeness (QED) is 0.789. The first kappa shape index (κ1) is 15.0. The Morgan fingerprint density at radius 2 is 1.65 bits per heavy atom. The van der Waals surface area contributed by atoms with Crippen LogP contribution in [0.5, 0.6) is 0 Å².